The fourth-order valence-corrected chi connectivity index (χ4v) is 3.55. The highest BCUT2D eigenvalue weighted by Gasteiger charge is 2.42. The fourth-order valence-electron chi connectivity index (χ4n) is 2.69. The summed E-state index contributed by atoms with van der Waals surface area (Å²) in [6, 6.07) is 0. The molecule has 0 heterocycles. The van der Waals surface area contributed by atoms with Crippen molar-refractivity contribution in [3.8, 4) is 0 Å². The zero-order valence-electron chi connectivity index (χ0n) is 10.2. The van der Waals surface area contributed by atoms with Crippen LogP contribution >= 0.6 is 15.9 Å². The molecule has 3 atom stereocenters. The Balaban J connectivity index is 1.75. The maximum Gasteiger partial charge on any atom is 0.0962 e. The Morgan fingerprint density at radius 2 is 1.81 bits per heavy atom. The number of alkyl halides is 1. The second kappa shape index (κ2) is 6.36. The van der Waals surface area contributed by atoms with E-state index in [9.17, 15) is 0 Å². The van der Waals surface area contributed by atoms with E-state index in [2.05, 4.69) is 22.9 Å². The van der Waals surface area contributed by atoms with Crippen LogP contribution in [0.2, 0.25) is 0 Å². The van der Waals surface area contributed by atoms with E-state index >= 15 is 0 Å². The lowest BCUT2D eigenvalue weighted by Crippen LogP contribution is -2.52. The van der Waals surface area contributed by atoms with Crippen LogP contribution in [0.25, 0.3) is 0 Å². The van der Waals surface area contributed by atoms with Gasteiger partial charge in [-0.2, -0.15) is 0 Å². The molecule has 2 aliphatic carbocycles. The van der Waals surface area contributed by atoms with E-state index in [0.29, 0.717) is 17.0 Å². The Hall–Kier alpha value is 0.400. The number of hydrogen-bond donors (Lipinski definition) is 0. The van der Waals surface area contributed by atoms with Crippen molar-refractivity contribution in [2.75, 3.05) is 6.61 Å². The topological polar surface area (TPSA) is 18.5 Å². The summed E-state index contributed by atoms with van der Waals surface area (Å²) in [6.07, 6.45) is 10.2. The van der Waals surface area contributed by atoms with Crippen molar-refractivity contribution in [1.29, 1.82) is 0 Å². The summed E-state index contributed by atoms with van der Waals surface area (Å²) in [4.78, 5) is 0.503. The van der Waals surface area contributed by atoms with E-state index in [1.807, 2.05) is 0 Å². The van der Waals surface area contributed by atoms with Gasteiger partial charge < -0.3 is 9.47 Å². The molecule has 94 valence electrons. The Morgan fingerprint density at radius 1 is 1.12 bits per heavy atom. The van der Waals surface area contributed by atoms with Crippen molar-refractivity contribution in [3.63, 3.8) is 0 Å². The fraction of sp³-hybridized carbons (Fsp3) is 1.00. The Morgan fingerprint density at radius 3 is 2.38 bits per heavy atom. The van der Waals surface area contributed by atoms with Gasteiger partial charge in [0.2, 0.25) is 0 Å². The molecule has 2 rings (SSSR count). The molecule has 3 heteroatoms. The minimum atomic E-state index is 0.285. The van der Waals surface area contributed by atoms with Gasteiger partial charge in [0, 0.05) is 11.4 Å². The predicted octanol–water partition coefficient (Wildman–Crippen LogP) is 3.67. The zero-order chi connectivity index (χ0) is 11.4. The highest BCUT2D eigenvalue weighted by molar-refractivity contribution is 9.09. The van der Waals surface area contributed by atoms with Crippen LogP contribution < -0.4 is 0 Å². The lowest BCUT2D eigenvalue weighted by molar-refractivity contribution is -0.145. The Labute approximate surface area is 107 Å². The number of halogens is 1. The molecule has 0 aromatic heterocycles. The second-order valence-corrected chi connectivity index (χ2v) is 6.14. The van der Waals surface area contributed by atoms with Crippen LogP contribution in [0.1, 0.15) is 51.9 Å². The Bertz CT molecular complexity index is 202. The molecular weight excluding hydrogens is 268 g/mol. The van der Waals surface area contributed by atoms with Gasteiger partial charge in [-0.3, -0.25) is 0 Å². The summed E-state index contributed by atoms with van der Waals surface area (Å²) in [5.74, 6) is 0. The lowest BCUT2D eigenvalue weighted by atomic mass is 9.91. The van der Waals surface area contributed by atoms with Gasteiger partial charge in [-0.1, -0.05) is 41.6 Å². The summed E-state index contributed by atoms with van der Waals surface area (Å²) in [7, 11) is 0. The third-order valence-electron chi connectivity index (χ3n) is 3.71. The van der Waals surface area contributed by atoms with Crippen molar-refractivity contribution in [3.05, 3.63) is 0 Å². The maximum atomic E-state index is 6.19. The van der Waals surface area contributed by atoms with Crippen LogP contribution in [-0.2, 0) is 9.47 Å². The van der Waals surface area contributed by atoms with Gasteiger partial charge in [0.25, 0.3) is 0 Å². The van der Waals surface area contributed by atoms with Crippen LogP contribution in [0.15, 0.2) is 0 Å². The number of rotatable bonds is 4. The van der Waals surface area contributed by atoms with Gasteiger partial charge in [0.15, 0.2) is 0 Å². The van der Waals surface area contributed by atoms with Gasteiger partial charge >= 0.3 is 0 Å². The molecule has 2 aliphatic rings. The van der Waals surface area contributed by atoms with Crippen LogP contribution in [0, 0.1) is 0 Å². The first-order valence-corrected chi connectivity index (χ1v) is 7.64. The molecule has 2 nitrogen and oxygen atoms in total. The Kier molecular flexibility index (Phi) is 5.11. The summed E-state index contributed by atoms with van der Waals surface area (Å²) in [5.41, 5.74) is 0. The molecule has 0 spiro atoms. The molecule has 0 aliphatic heterocycles. The predicted molar refractivity (Wildman–Crippen MR) is 69.1 cm³/mol. The molecule has 0 saturated heterocycles. The molecule has 16 heavy (non-hydrogen) atoms. The average Bonchev–Trinajstić information content (AvgIpc) is 2.54. The van der Waals surface area contributed by atoms with E-state index in [1.54, 1.807) is 0 Å². The summed E-state index contributed by atoms with van der Waals surface area (Å²) >= 11 is 3.64. The van der Waals surface area contributed by atoms with Crippen LogP contribution in [-0.4, -0.2) is 29.7 Å². The largest absolute Gasteiger partial charge is 0.375 e. The lowest BCUT2D eigenvalue weighted by Gasteiger charge is -2.42. The second-order valence-electron chi connectivity index (χ2n) is 4.96. The minimum Gasteiger partial charge on any atom is -0.375 e. The van der Waals surface area contributed by atoms with Gasteiger partial charge in [-0.05, 0) is 26.2 Å². The average molecular weight is 291 g/mol. The van der Waals surface area contributed by atoms with Crippen molar-refractivity contribution in [2.24, 2.45) is 0 Å². The minimum absolute atomic E-state index is 0.285. The van der Waals surface area contributed by atoms with E-state index in [1.165, 1.54) is 38.5 Å². The molecule has 0 aromatic rings. The third-order valence-corrected chi connectivity index (χ3v) is 4.60. The molecular formula is C13H23BrO2. The van der Waals surface area contributed by atoms with Gasteiger partial charge in [0.05, 0.1) is 18.3 Å². The first kappa shape index (κ1) is 12.8. The van der Waals surface area contributed by atoms with Crippen molar-refractivity contribution in [1.82, 2.24) is 0 Å². The summed E-state index contributed by atoms with van der Waals surface area (Å²) < 4.78 is 11.9. The summed E-state index contributed by atoms with van der Waals surface area (Å²) in [6.45, 7) is 2.85. The smallest absolute Gasteiger partial charge is 0.0962 e. The molecule has 2 saturated carbocycles. The summed E-state index contributed by atoms with van der Waals surface area (Å²) in [5, 5.41) is 0. The number of hydrogen-bond acceptors (Lipinski definition) is 2. The van der Waals surface area contributed by atoms with E-state index in [0.717, 1.165) is 13.0 Å². The molecule has 0 bridgehead atoms. The van der Waals surface area contributed by atoms with Crippen molar-refractivity contribution in [2.45, 2.75) is 75.0 Å². The monoisotopic (exact) mass is 290 g/mol. The van der Waals surface area contributed by atoms with E-state index in [4.69, 9.17) is 9.47 Å². The third kappa shape index (κ3) is 3.21. The van der Waals surface area contributed by atoms with Gasteiger partial charge in [0.1, 0.15) is 0 Å². The molecule has 2 fully saturated rings. The standard InChI is InChI=1S/C13H23BrO2/c1-2-15-13-11(14)9-12(13)16-10-7-5-3-4-6-8-10/h10-13H,2-9H2,1H3. The molecule has 0 radical (unpaired) electrons. The highest BCUT2D eigenvalue weighted by Crippen LogP contribution is 2.35. The van der Waals surface area contributed by atoms with Crippen molar-refractivity contribution >= 4 is 15.9 Å². The molecule has 0 N–H and O–H groups in total. The van der Waals surface area contributed by atoms with Crippen LogP contribution in [0.5, 0.6) is 0 Å². The SMILES string of the molecule is CCOC1C(Br)CC1OC1CCCCCC1. The molecule has 0 aromatic carbocycles. The number of ether oxygens (including phenoxy) is 2. The van der Waals surface area contributed by atoms with Gasteiger partial charge in [-0.15, -0.1) is 0 Å². The highest BCUT2D eigenvalue weighted by atomic mass is 79.9. The quantitative estimate of drug-likeness (QED) is 0.581. The first-order chi connectivity index (χ1) is 7.81. The van der Waals surface area contributed by atoms with Crippen molar-refractivity contribution < 1.29 is 9.47 Å². The van der Waals surface area contributed by atoms with Gasteiger partial charge in [-0.25, -0.2) is 0 Å². The van der Waals surface area contributed by atoms with E-state index in [-0.39, 0.29) is 6.10 Å². The first-order valence-electron chi connectivity index (χ1n) is 6.72. The van der Waals surface area contributed by atoms with Crippen LogP contribution in [0.3, 0.4) is 0 Å². The molecule has 0 amide bonds. The maximum absolute atomic E-state index is 6.19. The normalized spacial score (nSPS) is 36.8. The van der Waals surface area contributed by atoms with E-state index < -0.39 is 0 Å². The van der Waals surface area contributed by atoms with Crippen LogP contribution in [0.4, 0.5) is 0 Å². The molecule has 3 unspecified atom stereocenters. The zero-order valence-corrected chi connectivity index (χ0v) is 11.7.